The van der Waals surface area contributed by atoms with Crippen molar-refractivity contribution in [1.82, 2.24) is 0 Å². The van der Waals surface area contributed by atoms with Gasteiger partial charge in [0.15, 0.2) is 0 Å². The zero-order chi connectivity index (χ0) is 46.0. The molecule has 5 unspecified atom stereocenters. The van der Waals surface area contributed by atoms with E-state index >= 15 is 0 Å². The molecule has 0 aliphatic heterocycles. The number of hydrogen-bond acceptors (Lipinski definition) is 13. The highest BCUT2D eigenvalue weighted by molar-refractivity contribution is 7.47. The number of carbonyl (C=O) groups is 2. The molecular weight excluding hydrogens is 842 g/mol. The van der Waals surface area contributed by atoms with Gasteiger partial charge in [0.1, 0.15) is 31.5 Å². The Bertz CT molecular complexity index is 1440. The highest BCUT2D eigenvalue weighted by Gasteiger charge is 2.28. The van der Waals surface area contributed by atoms with Gasteiger partial charge < -0.3 is 34.6 Å². The largest absolute Gasteiger partial charge is 0.472 e. The topological polar surface area (TPSA) is 225 Å². The molecule has 0 amide bonds. The molecule has 0 aliphatic rings. The summed E-state index contributed by atoms with van der Waals surface area (Å²) in [6.07, 6.45) is 40.2. The second-order valence-corrected chi connectivity index (χ2v) is 17.3. The van der Waals surface area contributed by atoms with E-state index < -0.39 is 85.5 Å². The highest BCUT2D eigenvalue weighted by atomic mass is 31.2. The number of phosphoric acid groups is 2. The van der Waals surface area contributed by atoms with Crippen molar-refractivity contribution in [3.05, 3.63) is 85.1 Å². The third-order valence-corrected chi connectivity index (χ3v) is 10.3. The summed E-state index contributed by atoms with van der Waals surface area (Å²) in [5, 5.41) is 29.9. The first kappa shape index (κ1) is 59.2. The predicted octanol–water partition coefficient (Wildman–Crippen LogP) is 9.38. The van der Waals surface area contributed by atoms with Crippen molar-refractivity contribution < 1.29 is 71.4 Å². The average Bonchev–Trinajstić information content (AvgIpc) is 3.24. The smallest absolute Gasteiger partial charge is 0.463 e. The van der Waals surface area contributed by atoms with Gasteiger partial charge in [-0.3, -0.25) is 27.7 Å². The van der Waals surface area contributed by atoms with Crippen LogP contribution in [0.1, 0.15) is 129 Å². The van der Waals surface area contributed by atoms with Crippen molar-refractivity contribution >= 4 is 27.6 Å². The van der Waals surface area contributed by atoms with Crippen LogP contribution in [0.5, 0.6) is 0 Å². The Hall–Kier alpha value is -2.78. The number of esters is 2. The SMILES string of the molecule is CC/C=C/C=C/C=C\CCCCCCCC(=O)OCC(O)COP(=O)(O)OCC(O)COP(=O)(O)OCC(O)COC(=O)CCC/C=C\C/C=C\C/C=C\C/C=C\CCCCC. The maximum absolute atomic E-state index is 12.1. The summed E-state index contributed by atoms with van der Waals surface area (Å²) in [5.74, 6) is -1.08. The monoisotopic (exact) mass is 918 g/mol. The number of ether oxygens (including phenoxy) is 2. The van der Waals surface area contributed by atoms with Gasteiger partial charge in [0.25, 0.3) is 0 Å². The first-order valence-corrected chi connectivity index (χ1v) is 25.0. The Kier molecular flexibility index (Phi) is 39.1. The molecule has 356 valence electrons. The Balaban J connectivity index is 4.01. The van der Waals surface area contributed by atoms with Crippen LogP contribution in [0.4, 0.5) is 0 Å². The van der Waals surface area contributed by atoms with Crippen LogP contribution in [0.15, 0.2) is 85.1 Å². The third-order valence-electron chi connectivity index (χ3n) is 8.40. The van der Waals surface area contributed by atoms with E-state index in [1.54, 1.807) is 0 Å². The van der Waals surface area contributed by atoms with Crippen molar-refractivity contribution in [2.75, 3.05) is 39.6 Å². The zero-order valence-electron chi connectivity index (χ0n) is 37.0. The molecule has 0 aliphatic carbocycles. The number of hydrogen-bond donors (Lipinski definition) is 5. The van der Waals surface area contributed by atoms with Gasteiger partial charge in [0.2, 0.25) is 0 Å². The van der Waals surface area contributed by atoms with E-state index in [0.717, 1.165) is 64.2 Å². The summed E-state index contributed by atoms with van der Waals surface area (Å²) >= 11 is 0. The fourth-order valence-electron chi connectivity index (χ4n) is 4.97. The number of rotatable bonds is 41. The van der Waals surface area contributed by atoms with Gasteiger partial charge in [-0.25, -0.2) is 9.13 Å². The van der Waals surface area contributed by atoms with Gasteiger partial charge >= 0.3 is 27.6 Å². The fourth-order valence-corrected chi connectivity index (χ4v) is 6.56. The van der Waals surface area contributed by atoms with Crippen LogP contribution in [0.3, 0.4) is 0 Å². The van der Waals surface area contributed by atoms with Gasteiger partial charge in [-0.2, -0.15) is 0 Å². The predicted molar refractivity (Wildman–Crippen MR) is 242 cm³/mol. The van der Waals surface area contributed by atoms with Crippen LogP contribution in [0.25, 0.3) is 0 Å². The normalized spacial score (nSPS) is 16.0. The summed E-state index contributed by atoms with van der Waals surface area (Å²) < 4.78 is 52.8. The number of phosphoric ester groups is 2. The van der Waals surface area contributed by atoms with E-state index in [0.29, 0.717) is 19.3 Å². The van der Waals surface area contributed by atoms with E-state index in [-0.39, 0.29) is 12.8 Å². The second kappa shape index (κ2) is 41.0. The highest BCUT2D eigenvalue weighted by Crippen LogP contribution is 2.45. The van der Waals surface area contributed by atoms with Crippen molar-refractivity contribution in [2.45, 2.75) is 148 Å². The maximum Gasteiger partial charge on any atom is 0.472 e. The molecule has 0 bridgehead atoms. The van der Waals surface area contributed by atoms with E-state index in [4.69, 9.17) is 9.47 Å². The van der Waals surface area contributed by atoms with Crippen molar-refractivity contribution in [1.29, 1.82) is 0 Å². The molecule has 5 atom stereocenters. The van der Waals surface area contributed by atoms with Gasteiger partial charge in [-0.1, -0.05) is 131 Å². The Labute approximate surface area is 370 Å². The molecule has 0 saturated carbocycles. The van der Waals surface area contributed by atoms with E-state index in [1.807, 2.05) is 36.5 Å². The maximum atomic E-state index is 12.1. The van der Waals surface area contributed by atoms with Gasteiger partial charge in [0.05, 0.1) is 26.4 Å². The Morgan fingerprint density at radius 2 is 0.823 bits per heavy atom. The average molecular weight is 919 g/mol. The van der Waals surface area contributed by atoms with Crippen molar-refractivity contribution in [3.8, 4) is 0 Å². The quantitative estimate of drug-likeness (QED) is 0.0127. The Morgan fingerprint density at radius 1 is 0.452 bits per heavy atom. The van der Waals surface area contributed by atoms with Crippen LogP contribution >= 0.6 is 15.6 Å². The van der Waals surface area contributed by atoms with Crippen LogP contribution in [0, 0.1) is 0 Å². The lowest BCUT2D eigenvalue weighted by atomic mass is 10.1. The molecule has 5 N–H and O–H groups in total. The Morgan fingerprint density at radius 3 is 1.31 bits per heavy atom. The number of carbonyl (C=O) groups excluding carboxylic acids is 2. The number of aliphatic hydroxyl groups excluding tert-OH is 3. The zero-order valence-corrected chi connectivity index (χ0v) is 38.8. The summed E-state index contributed by atoms with van der Waals surface area (Å²) in [7, 11) is -9.60. The molecule has 0 aromatic heterocycles. The fraction of sp³-hybridized carbons (Fsp3) is 0.644. The molecule has 17 heteroatoms. The molecule has 0 rings (SSSR count). The van der Waals surface area contributed by atoms with E-state index in [1.165, 1.54) is 19.3 Å². The molecule has 0 fully saturated rings. The minimum absolute atomic E-state index is 0.116. The van der Waals surface area contributed by atoms with E-state index in [2.05, 4.69) is 80.6 Å². The van der Waals surface area contributed by atoms with Crippen LogP contribution < -0.4 is 0 Å². The molecule has 0 saturated heterocycles. The van der Waals surface area contributed by atoms with Crippen molar-refractivity contribution in [3.63, 3.8) is 0 Å². The number of unbranched alkanes of at least 4 members (excludes halogenated alkanes) is 9. The van der Waals surface area contributed by atoms with Crippen LogP contribution in [-0.4, -0.2) is 95.0 Å². The number of aliphatic hydroxyl groups is 3. The summed E-state index contributed by atoms with van der Waals surface area (Å²) in [6, 6.07) is 0. The molecule has 15 nitrogen and oxygen atoms in total. The van der Waals surface area contributed by atoms with E-state index in [9.17, 15) is 43.8 Å². The lowest BCUT2D eigenvalue weighted by molar-refractivity contribution is -0.148. The first-order chi connectivity index (χ1) is 29.8. The molecule has 0 aromatic rings. The van der Waals surface area contributed by atoms with Crippen LogP contribution in [-0.2, 0) is 46.3 Å². The summed E-state index contributed by atoms with van der Waals surface area (Å²) in [4.78, 5) is 43.6. The molecule has 62 heavy (non-hydrogen) atoms. The lowest BCUT2D eigenvalue weighted by Gasteiger charge is -2.19. The molecular formula is C45H76O15P2. The molecule has 0 radical (unpaired) electrons. The van der Waals surface area contributed by atoms with Crippen LogP contribution in [0.2, 0.25) is 0 Å². The van der Waals surface area contributed by atoms with Gasteiger partial charge in [0, 0.05) is 12.8 Å². The number of allylic oxidation sites excluding steroid dienone is 14. The first-order valence-electron chi connectivity index (χ1n) is 22.0. The molecule has 0 aromatic carbocycles. The third kappa shape index (κ3) is 42.5. The summed E-state index contributed by atoms with van der Waals surface area (Å²) in [5.41, 5.74) is 0. The molecule has 0 spiro atoms. The second-order valence-electron chi connectivity index (χ2n) is 14.4. The standard InChI is InChI=1S/C45H76O15P2/c1-3-5-7-9-11-13-15-17-18-19-20-22-24-26-28-30-32-34-45(50)56-36-42(47)38-58-62(53,54)60-40-43(48)39-59-61(51,52)57-37-41(46)35-55-44(49)33-31-29-27-25-23-21-16-14-12-10-8-6-4-2/h6,8,10-14,16-18,20,22,26,28,41-43,46-48H,3-5,7,9,15,19,21,23-25,27,29-40H2,1-2H3,(H,51,52)(H,53,54)/b8-6+,12-10+,13-11-,16-14-,18-17-,22-20-,28-26-. The molecule has 0 heterocycles. The van der Waals surface area contributed by atoms with Gasteiger partial charge in [-0.15, -0.1) is 0 Å². The minimum Gasteiger partial charge on any atom is -0.463 e. The van der Waals surface area contributed by atoms with Gasteiger partial charge in [-0.05, 0) is 70.6 Å². The van der Waals surface area contributed by atoms with Crippen molar-refractivity contribution in [2.24, 2.45) is 0 Å². The minimum atomic E-state index is -4.80. The summed E-state index contributed by atoms with van der Waals surface area (Å²) in [6.45, 7) is 0.124. The lowest BCUT2D eigenvalue weighted by Crippen LogP contribution is -2.25.